The first kappa shape index (κ1) is 19.8. The number of nitrogens with zero attached hydrogens (tertiary/aromatic N) is 2. The maximum atomic E-state index is 13.3. The first-order valence-electron chi connectivity index (χ1n) is 8.91. The van der Waals surface area contributed by atoms with Crippen molar-refractivity contribution in [2.75, 3.05) is 4.90 Å². The number of hydrogen-bond acceptors (Lipinski definition) is 4. The van der Waals surface area contributed by atoms with E-state index in [0.717, 1.165) is 5.56 Å². The molecule has 0 unspecified atom stereocenters. The topological polar surface area (TPSA) is 70.5 Å². The average molecular weight is 472 g/mol. The maximum Gasteiger partial charge on any atom is 0.264 e. The molecule has 1 aliphatic rings. The molecule has 1 amide bonds. The number of hydrogen-bond donors (Lipinski definition) is 1. The number of aliphatic hydroxyl groups is 1. The molecule has 0 radical (unpaired) electrons. The SMILES string of the molecule is O=C(C[C@]1(O)C(=O)N(Cc2ccccc2Cl)c2ccc(Br)cc21)c1cccnc1. The number of amides is 1. The zero-order valence-electron chi connectivity index (χ0n) is 15.2. The molecule has 0 spiro atoms. The Morgan fingerprint density at radius 3 is 2.69 bits per heavy atom. The van der Waals surface area contributed by atoms with Crippen molar-refractivity contribution in [1.29, 1.82) is 0 Å². The van der Waals surface area contributed by atoms with Gasteiger partial charge in [0.25, 0.3) is 5.91 Å². The number of fused-ring (bicyclic) bond motifs is 1. The van der Waals surface area contributed by atoms with E-state index in [1.807, 2.05) is 18.2 Å². The molecule has 4 rings (SSSR count). The number of carbonyl (C=O) groups is 2. The Labute approximate surface area is 181 Å². The molecule has 1 atom stereocenters. The molecule has 2 aromatic carbocycles. The van der Waals surface area contributed by atoms with Gasteiger partial charge in [0.15, 0.2) is 11.4 Å². The number of carbonyl (C=O) groups excluding carboxylic acids is 2. The summed E-state index contributed by atoms with van der Waals surface area (Å²) in [6.45, 7) is 0.191. The summed E-state index contributed by atoms with van der Waals surface area (Å²) < 4.78 is 0.705. The van der Waals surface area contributed by atoms with E-state index in [-0.39, 0.29) is 18.7 Å². The zero-order valence-corrected chi connectivity index (χ0v) is 17.5. The van der Waals surface area contributed by atoms with Crippen molar-refractivity contribution >= 4 is 44.9 Å². The number of halogens is 2. The highest BCUT2D eigenvalue weighted by Gasteiger charge is 2.51. The van der Waals surface area contributed by atoms with E-state index in [1.54, 1.807) is 42.6 Å². The highest BCUT2D eigenvalue weighted by molar-refractivity contribution is 9.10. The van der Waals surface area contributed by atoms with E-state index >= 15 is 0 Å². The number of aromatic nitrogens is 1. The fourth-order valence-electron chi connectivity index (χ4n) is 3.51. The Morgan fingerprint density at radius 1 is 1.17 bits per heavy atom. The predicted octanol–water partition coefficient (Wildman–Crippen LogP) is 4.50. The van der Waals surface area contributed by atoms with Gasteiger partial charge in [-0.3, -0.25) is 14.6 Å². The van der Waals surface area contributed by atoms with Crippen molar-refractivity contribution in [2.24, 2.45) is 0 Å². The Morgan fingerprint density at radius 2 is 1.97 bits per heavy atom. The van der Waals surface area contributed by atoms with E-state index < -0.39 is 11.5 Å². The molecular weight excluding hydrogens is 456 g/mol. The summed E-state index contributed by atoms with van der Waals surface area (Å²) in [6.07, 6.45) is 2.61. The quantitative estimate of drug-likeness (QED) is 0.556. The van der Waals surface area contributed by atoms with Gasteiger partial charge in [-0.05, 0) is 42.0 Å². The van der Waals surface area contributed by atoms with Gasteiger partial charge in [-0.25, -0.2) is 0 Å². The van der Waals surface area contributed by atoms with Crippen LogP contribution in [-0.4, -0.2) is 21.8 Å². The van der Waals surface area contributed by atoms with Crippen LogP contribution in [0.4, 0.5) is 5.69 Å². The van der Waals surface area contributed by atoms with Crippen LogP contribution < -0.4 is 4.90 Å². The molecule has 5 nitrogen and oxygen atoms in total. The van der Waals surface area contributed by atoms with Crippen LogP contribution in [-0.2, 0) is 16.9 Å². The Bertz CT molecular complexity index is 1110. The Kier molecular flexibility index (Phi) is 5.25. The first-order chi connectivity index (χ1) is 13.9. The van der Waals surface area contributed by atoms with Crippen LogP contribution in [0.1, 0.15) is 27.9 Å². The molecule has 1 aliphatic heterocycles. The number of benzene rings is 2. The monoisotopic (exact) mass is 470 g/mol. The molecule has 0 bridgehead atoms. The number of anilines is 1. The van der Waals surface area contributed by atoms with E-state index in [4.69, 9.17) is 11.6 Å². The van der Waals surface area contributed by atoms with Crippen molar-refractivity contribution in [1.82, 2.24) is 4.98 Å². The van der Waals surface area contributed by atoms with E-state index in [0.29, 0.717) is 26.3 Å². The van der Waals surface area contributed by atoms with Gasteiger partial charge >= 0.3 is 0 Å². The largest absolute Gasteiger partial charge is 0.375 e. The van der Waals surface area contributed by atoms with Gasteiger partial charge in [0.05, 0.1) is 18.7 Å². The molecule has 0 aliphatic carbocycles. The van der Waals surface area contributed by atoms with Crippen molar-refractivity contribution in [3.8, 4) is 0 Å². The van der Waals surface area contributed by atoms with Crippen LogP contribution in [0.15, 0.2) is 71.5 Å². The molecule has 3 aromatic rings. The second-order valence-electron chi connectivity index (χ2n) is 6.85. The summed E-state index contributed by atoms with van der Waals surface area (Å²) >= 11 is 9.66. The average Bonchev–Trinajstić information content (AvgIpc) is 2.92. The number of ketones is 1. The molecule has 1 aromatic heterocycles. The van der Waals surface area contributed by atoms with Crippen LogP contribution in [0.2, 0.25) is 5.02 Å². The second-order valence-corrected chi connectivity index (χ2v) is 8.17. The lowest BCUT2D eigenvalue weighted by Crippen LogP contribution is -2.41. The van der Waals surface area contributed by atoms with Crippen molar-refractivity contribution in [3.05, 3.63) is 93.2 Å². The minimum Gasteiger partial charge on any atom is -0.375 e. The van der Waals surface area contributed by atoms with Gasteiger partial charge in [0, 0.05) is 33.0 Å². The highest BCUT2D eigenvalue weighted by Crippen LogP contribution is 2.45. The number of pyridine rings is 1. The fourth-order valence-corrected chi connectivity index (χ4v) is 4.07. The molecule has 1 N–H and O–H groups in total. The van der Waals surface area contributed by atoms with Crippen LogP contribution >= 0.6 is 27.5 Å². The normalized spacial score (nSPS) is 18.0. The second kappa shape index (κ2) is 7.71. The standard InChI is InChI=1S/C22H16BrClN2O3/c23-16-7-8-19-17(10-16)22(29,11-20(27)14-5-3-9-25-12-14)21(28)26(19)13-15-4-1-2-6-18(15)24/h1-10,12,29H,11,13H2/t22-/m1/s1. The third-order valence-corrected chi connectivity index (χ3v) is 5.84. The van der Waals surface area contributed by atoms with Crippen LogP contribution in [0, 0.1) is 0 Å². The van der Waals surface area contributed by atoms with E-state index in [1.165, 1.54) is 11.1 Å². The Hall–Kier alpha value is -2.54. The maximum absolute atomic E-state index is 13.3. The lowest BCUT2D eigenvalue weighted by Gasteiger charge is -2.23. The summed E-state index contributed by atoms with van der Waals surface area (Å²) in [5.41, 5.74) is 0.0719. The third-order valence-electron chi connectivity index (χ3n) is 4.98. The highest BCUT2D eigenvalue weighted by atomic mass is 79.9. The lowest BCUT2D eigenvalue weighted by molar-refractivity contribution is -0.136. The van der Waals surface area contributed by atoms with Crippen molar-refractivity contribution < 1.29 is 14.7 Å². The van der Waals surface area contributed by atoms with Gasteiger partial charge in [-0.2, -0.15) is 0 Å². The predicted molar refractivity (Wildman–Crippen MR) is 114 cm³/mol. The Balaban J connectivity index is 1.73. The van der Waals surface area contributed by atoms with Gasteiger partial charge in [-0.15, -0.1) is 0 Å². The van der Waals surface area contributed by atoms with Crippen molar-refractivity contribution in [2.45, 2.75) is 18.6 Å². The molecule has 0 saturated heterocycles. The summed E-state index contributed by atoms with van der Waals surface area (Å²) in [4.78, 5) is 31.5. The molecular formula is C22H16BrClN2O3. The smallest absolute Gasteiger partial charge is 0.264 e. The van der Waals surface area contributed by atoms with Crippen LogP contribution in [0.3, 0.4) is 0 Å². The number of Topliss-reactive ketones (excluding diaryl/α,β-unsaturated/α-hetero) is 1. The van der Waals surface area contributed by atoms with Crippen molar-refractivity contribution in [3.63, 3.8) is 0 Å². The molecule has 0 fully saturated rings. The third kappa shape index (κ3) is 3.59. The molecule has 0 saturated carbocycles. The molecule has 7 heteroatoms. The van der Waals surface area contributed by atoms with Gasteiger partial charge in [0.1, 0.15) is 0 Å². The summed E-state index contributed by atoms with van der Waals surface area (Å²) in [5.74, 6) is -0.915. The summed E-state index contributed by atoms with van der Waals surface area (Å²) in [5, 5.41) is 11.9. The lowest BCUT2D eigenvalue weighted by atomic mass is 9.88. The molecule has 146 valence electrons. The first-order valence-corrected chi connectivity index (χ1v) is 10.1. The van der Waals surface area contributed by atoms with E-state index in [2.05, 4.69) is 20.9 Å². The molecule has 29 heavy (non-hydrogen) atoms. The minimum absolute atomic E-state index is 0.191. The van der Waals surface area contributed by atoms with Crippen LogP contribution in [0.25, 0.3) is 0 Å². The van der Waals surface area contributed by atoms with Gasteiger partial charge in [-0.1, -0.05) is 45.7 Å². The number of rotatable bonds is 5. The molecule has 2 heterocycles. The van der Waals surface area contributed by atoms with Gasteiger partial charge in [0.2, 0.25) is 0 Å². The van der Waals surface area contributed by atoms with Crippen LogP contribution in [0.5, 0.6) is 0 Å². The fraction of sp³-hybridized carbons (Fsp3) is 0.136. The zero-order chi connectivity index (χ0) is 20.6. The van der Waals surface area contributed by atoms with E-state index in [9.17, 15) is 14.7 Å². The van der Waals surface area contributed by atoms with Gasteiger partial charge < -0.3 is 10.0 Å². The summed E-state index contributed by atoms with van der Waals surface area (Å²) in [6, 6.07) is 15.7. The summed E-state index contributed by atoms with van der Waals surface area (Å²) in [7, 11) is 0. The minimum atomic E-state index is -1.96.